The maximum absolute atomic E-state index is 12.2. The second-order valence-electron chi connectivity index (χ2n) is 5.55. The minimum Gasteiger partial charge on any atom is -0.508 e. The van der Waals surface area contributed by atoms with E-state index < -0.39 is 5.97 Å². The van der Waals surface area contributed by atoms with Crippen molar-refractivity contribution in [2.75, 3.05) is 0 Å². The molecule has 23 heavy (non-hydrogen) atoms. The van der Waals surface area contributed by atoms with Crippen LogP contribution in [-0.2, 0) is 11.3 Å². The van der Waals surface area contributed by atoms with E-state index >= 15 is 0 Å². The van der Waals surface area contributed by atoms with E-state index in [4.69, 9.17) is 4.84 Å². The predicted molar refractivity (Wildman–Crippen MR) is 96.9 cm³/mol. The van der Waals surface area contributed by atoms with E-state index in [-0.39, 0.29) is 0 Å². The summed E-state index contributed by atoms with van der Waals surface area (Å²) in [5.41, 5.74) is 4.07. The molecule has 0 heterocycles. The van der Waals surface area contributed by atoms with Crippen LogP contribution in [0.25, 0.3) is 0 Å². The molecule has 118 valence electrons. The van der Waals surface area contributed by atoms with Crippen LogP contribution in [0.4, 0.5) is 0 Å². The first-order chi connectivity index (χ1) is 11.1. The number of phenols is 1. The molecule has 5 heteroatoms. The van der Waals surface area contributed by atoms with Crippen LogP contribution < -0.4 is 0 Å². The maximum Gasteiger partial charge on any atom is 0.366 e. The third-order valence-electron chi connectivity index (χ3n) is 3.92. The molecule has 0 atom stereocenters. The second kappa shape index (κ2) is 6.70. The number of carbonyl (C=O) groups excluding carboxylic acids is 1. The molecule has 0 unspecified atom stereocenters. The number of rotatable bonds is 2. The number of aryl methyl sites for hydroxylation is 2. The van der Waals surface area contributed by atoms with Crippen LogP contribution >= 0.6 is 22.6 Å². The van der Waals surface area contributed by atoms with Gasteiger partial charge in [-0.15, -0.1) is 0 Å². The maximum atomic E-state index is 12.2. The highest BCUT2D eigenvalue weighted by Gasteiger charge is 2.19. The molecular weight excluding hydrogens is 405 g/mol. The van der Waals surface area contributed by atoms with Gasteiger partial charge in [-0.1, -0.05) is 17.3 Å². The van der Waals surface area contributed by atoms with Crippen LogP contribution in [0.15, 0.2) is 41.6 Å². The largest absolute Gasteiger partial charge is 0.508 e. The summed E-state index contributed by atoms with van der Waals surface area (Å²) in [6.45, 7) is 1.85. The molecule has 0 saturated carbocycles. The van der Waals surface area contributed by atoms with E-state index in [2.05, 4.69) is 27.7 Å². The normalized spacial score (nSPS) is 15.3. The van der Waals surface area contributed by atoms with E-state index in [1.807, 2.05) is 25.1 Å². The molecule has 4 nitrogen and oxygen atoms in total. The van der Waals surface area contributed by atoms with Crippen molar-refractivity contribution in [2.45, 2.75) is 26.2 Å². The van der Waals surface area contributed by atoms with Crippen LogP contribution in [0.5, 0.6) is 5.75 Å². The molecule has 1 N–H and O–H groups in total. The van der Waals surface area contributed by atoms with Crippen molar-refractivity contribution in [3.63, 3.8) is 0 Å². The number of oxime groups is 1. The lowest BCUT2D eigenvalue weighted by atomic mass is 9.88. The number of carbonyl (C=O) groups is 1. The molecule has 1 aliphatic rings. The monoisotopic (exact) mass is 421 g/mol. The number of aromatic hydroxyl groups is 1. The summed E-state index contributed by atoms with van der Waals surface area (Å²) in [4.78, 5) is 17.3. The topological polar surface area (TPSA) is 58.9 Å². The van der Waals surface area contributed by atoms with Gasteiger partial charge in [-0.3, -0.25) is 0 Å². The first-order valence-electron chi connectivity index (χ1n) is 7.42. The zero-order valence-corrected chi connectivity index (χ0v) is 14.8. The Bertz CT molecular complexity index is 799. The number of hydrogen-bond acceptors (Lipinski definition) is 4. The lowest BCUT2D eigenvalue weighted by Gasteiger charge is -2.18. The van der Waals surface area contributed by atoms with Gasteiger partial charge in [0.15, 0.2) is 0 Å². The zero-order valence-electron chi connectivity index (χ0n) is 12.7. The molecule has 0 amide bonds. The Morgan fingerprint density at radius 2 is 2.04 bits per heavy atom. The van der Waals surface area contributed by atoms with E-state index in [0.29, 0.717) is 11.3 Å². The summed E-state index contributed by atoms with van der Waals surface area (Å²) in [7, 11) is 0. The summed E-state index contributed by atoms with van der Waals surface area (Å²) in [6, 6.07) is 10.9. The first kappa shape index (κ1) is 16.0. The Hall–Kier alpha value is -1.89. The molecule has 2 aromatic rings. The predicted octanol–water partition coefficient (Wildman–Crippen LogP) is 4.20. The molecule has 1 aliphatic carbocycles. The molecule has 0 aliphatic heterocycles. The molecule has 0 aromatic heterocycles. The number of nitrogens with zero attached hydrogens (tertiary/aromatic N) is 1. The zero-order chi connectivity index (χ0) is 16.4. The third-order valence-corrected chi connectivity index (χ3v) is 4.87. The van der Waals surface area contributed by atoms with Crippen LogP contribution in [0.3, 0.4) is 0 Å². The second-order valence-corrected chi connectivity index (χ2v) is 6.71. The Morgan fingerprint density at radius 3 is 2.83 bits per heavy atom. The summed E-state index contributed by atoms with van der Waals surface area (Å²) in [5.74, 6) is -0.161. The Morgan fingerprint density at radius 1 is 1.26 bits per heavy atom. The minimum atomic E-state index is -0.454. The van der Waals surface area contributed by atoms with E-state index in [9.17, 15) is 9.90 Å². The van der Waals surface area contributed by atoms with Crippen molar-refractivity contribution in [3.8, 4) is 5.75 Å². The SMILES string of the molecule is Cc1cc2c(cc1O)CCC/C2=N\OC(=O)c1ccccc1I. The molecular formula is C18H16INO3. The fourth-order valence-corrected chi connectivity index (χ4v) is 3.27. The molecule has 0 saturated heterocycles. The van der Waals surface area contributed by atoms with Gasteiger partial charge in [0.25, 0.3) is 0 Å². The van der Waals surface area contributed by atoms with Crippen LogP contribution in [0.1, 0.15) is 39.9 Å². The van der Waals surface area contributed by atoms with Crippen molar-refractivity contribution in [3.05, 3.63) is 62.2 Å². The molecule has 3 rings (SSSR count). The van der Waals surface area contributed by atoms with Gasteiger partial charge in [0, 0.05) is 9.13 Å². The highest BCUT2D eigenvalue weighted by Crippen LogP contribution is 2.28. The van der Waals surface area contributed by atoms with Crippen LogP contribution in [0.2, 0.25) is 0 Å². The summed E-state index contributed by atoms with van der Waals surface area (Å²) >= 11 is 2.10. The van der Waals surface area contributed by atoms with Gasteiger partial charge in [0.05, 0.1) is 11.3 Å². The van der Waals surface area contributed by atoms with E-state index in [1.165, 1.54) is 0 Å². The fourth-order valence-electron chi connectivity index (χ4n) is 2.66. The number of fused-ring (bicyclic) bond motifs is 1. The summed E-state index contributed by atoms with van der Waals surface area (Å²) < 4.78 is 0.833. The molecule has 2 aromatic carbocycles. The Balaban J connectivity index is 1.86. The van der Waals surface area contributed by atoms with Gasteiger partial charge in [-0.25, -0.2) is 4.79 Å². The lowest BCUT2D eigenvalue weighted by molar-refractivity contribution is 0.0514. The highest BCUT2D eigenvalue weighted by atomic mass is 127. The number of hydrogen-bond donors (Lipinski definition) is 1. The molecule has 0 spiro atoms. The fraction of sp³-hybridized carbons (Fsp3) is 0.222. The molecule has 0 radical (unpaired) electrons. The Kier molecular flexibility index (Phi) is 4.66. The first-order valence-corrected chi connectivity index (χ1v) is 8.49. The van der Waals surface area contributed by atoms with Crippen molar-refractivity contribution in [1.82, 2.24) is 0 Å². The van der Waals surface area contributed by atoms with Gasteiger partial charge in [0.2, 0.25) is 0 Å². The quantitative estimate of drug-likeness (QED) is 0.449. The van der Waals surface area contributed by atoms with Crippen LogP contribution in [0, 0.1) is 10.5 Å². The molecule has 0 fully saturated rings. The standard InChI is InChI=1S/C18H16INO3/c1-11-9-14-12(10-17(11)21)5-4-8-16(14)20-23-18(22)13-6-2-3-7-15(13)19/h2-3,6-7,9-10,21H,4-5,8H2,1H3/b20-16+. The van der Waals surface area contributed by atoms with Gasteiger partial charge in [-0.05, 0) is 84.2 Å². The van der Waals surface area contributed by atoms with E-state index in [0.717, 1.165) is 45.2 Å². The lowest BCUT2D eigenvalue weighted by Crippen LogP contribution is -2.14. The van der Waals surface area contributed by atoms with Crippen molar-refractivity contribution in [2.24, 2.45) is 5.16 Å². The number of benzene rings is 2. The van der Waals surface area contributed by atoms with Gasteiger partial charge in [0.1, 0.15) is 5.75 Å². The minimum absolute atomic E-state index is 0.292. The van der Waals surface area contributed by atoms with Gasteiger partial charge < -0.3 is 9.94 Å². The smallest absolute Gasteiger partial charge is 0.366 e. The van der Waals surface area contributed by atoms with Crippen molar-refractivity contribution >= 4 is 34.3 Å². The average molecular weight is 421 g/mol. The number of halogens is 1. The highest BCUT2D eigenvalue weighted by molar-refractivity contribution is 14.1. The van der Waals surface area contributed by atoms with Crippen molar-refractivity contribution < 1.29 is 14.7 Å². The number of phenolic OH excluding ortho intramolecular Hbond substituents is 1. The summed E-state index contributed by atoms with van der Waals surface area (Å²) in [5, 5.41) is 13.9. The van der Waals surface area contributed by atoms with Crippen molar-refractivity contribution in [1.29, 1.82) is 0 Å². The average Bonchev–Trinajstić information content (AvgIpc) is 2.54. The van der Waals surface area contributed by atoms with Gasteiger partial charge >= 0.3 is 5.97 Å². The summed E-state index contributed by atoms with van der Waals surface area (Å²) in [6.07, 6.45) is 2.58. The van der Waals surface area contributed by atoms with Crippen LogP contribution in [-0.4, -0.2) is 16.8 Å². The Labute approximate surface area is 148 Å². The molecule has 0 bridgehead atoms. The van der Waals surface area contributed by atoms with Gasteiger partial charge in [-0.2, -0.15) is 0 Å². The van der Waals surface area contributed by atoms with E-state index in [1.54, 1.807) is 18.2 Å². The third kappa shape index (κ3) is 3.39.